The molecule has 0 unspecified atom stereocenters. The van der Waals surface area contributed by atoms with E-state index in [1.54, 1.807) is 48.5 Å². The first kappa shape index (κ1) is 18.3. The second kappa shape index (κ2) is 8.29. The zero-order valence-corrected chi connectivity index (χ0v) is 15.0. The van der Waals surface area contributed by atoms with Crippen molar-refractivity contribution in [3.05, 3.63) is 77.2 Å². The lowest BCUT2D eigenvalue weighted by atomic mass is 10.2. The predicted octanol–water partition coefficient (Wildman–Crippen LogP) is 3.91. The molecule has 2 aromatic carbocycles. The zero-order valence-electron chi connectivity index (χ0n) is 14.3. The molecule has 1 amide bonds. The first-order valence-electron chi connectivity index (χ1n) is 7.89. The summed E-state index contributed by atoms with van der Waals surface area (Å²) in [6.07, 6.45) is 1.28. The van der Waals surface area contributed by atoms with Crippen LogP contribution in [-0.4, -0.2) is 29.0 Å². The molecule has 0 bridgehead atoms. The van der Waals surface area contributed by atoms with E-state index in [0.29, 0.717) is 27.8 Å². The van der Waals surface area contributed by atoms with Gasteiger partial charge in [0.15, 0.2) is 0 Å². The second-order valence-electron chi connectivity index (χ2n) is 5.45. The van der Waals surface area contributed by atoms with Crippen LogP contribution in [0.2, 0.25) is 5.02 Å². The van der Waals surface area contributed by atoms with E-state index < -0.39 is 11.9 Å². The molecule has 0 atom stereocenters. The number of carbonyl (C=O) groups excluding carboxylic acids is 2. The third-order valence-corrected chi connectivity index (χ3v) is 3.77. The Morgan fingerprint density at radius 1 is 1.00 bits per heavy atom. The molecule has 1 aromatic heterocycles. The average Bonchev–Trinajstić information content (AvgIpc) is 2.68. The summed E-state index contributed by atoms with van der Waals surface area (Å²) in [7, 11) is 1.32. The maximum Gasteiger partial charge on any atom is 0.337 e. The standard InChI is InChI=1S/C19H15ClN4O3/c1-27-19(26)12-4-2-6-14(8-12)23-17-10-16(21-11-22-17)18(25)24-15-7-3-5-13(20)9-15/h2-11H,1H3,(H,24,25)(H,21,22,23). The number of anilines is 3. The second-order valence-corrected chi connectivity index (χ2v) is 5.89. The minimum absolute atomic E-state index is 0.177. The van der Waals surface area contributed by atoms with Crippen molar-refractivity contribution < 1.29 is 14.3 Å². The number of halogens is 1. The van der Waals surface area contributed by atoms with Gasteiger partial charge in [-0.15, -0.1) is 0 Å². The summed E-state index contributed by atoms with van der Waals surface area (Å²) in [5, 5.41) is 6.27. The van der Waals surface area contributed by atoms with E-state index in [1.807, 2.05) is 0 Å². The lowest BCUT2D eigenvalue weighted by Crippen LogP contribution is -2.14. The van der Waals surface area contributed by atoms with Crippen LogP contribution in [0.15, 0.2) is 60.9 Å². The SMILES string of the molecule is COC(=O)c1cccc(Nc2cc(C(=O)Nc3cccc(Cl)c3)ncn2)c1. The molecule has 3 aromatic rings. The molecule has 0 aliphatic heterocycles. The van der Waals surface area contributed by atoms with Gasteiger partial charge in [0.2, 0.25) is 0 Å². The minimum Gasteiger partial charge on any atom is -0.465 e. The van der Waals surface area contributed by atoms with Crippen molar-refractivity contribution in [1.29, 1.82) is 0 Å². The molecule has 0 aliphatic rings. The number of esters is 1. The maximum absolute atomic E-state index is 12.4. The van der Waals surface area contributed by atoms with Crippen molar-refractivity contribution in [2.45, 2.75) is 0 Å². The fourth-order valence-electron chi connectivity index (χ4n) is 2.30. The number of hydrogen-bond donors (Lipinski definition) is 2. The van der Waals surface area contributed by atoms with E-state index in [-0.39, 0.29) is 5.69 Å². The molecule has 2 N–H and O–H groups in total. The number of benzene rings is 2. The van der Waals surface area contributed by atoms with Crippen molar-refractivity contribution in [3.8, 4) is 0 Å². The number of ether oxygens (including phenoxy) is 1. The smallest absolute Gasteiger partial charge is 0.337 e. The summed E-state index contributed by atoms with van der Waals surface area (Å²) in [5.41, 5.74) is 1.76. The highest BCUT2D eigenvalue weighted by Crippen LogP contribution is 2.18. The minimum atomic E-state index is -0.442. The van der Waals surface area contributed by atoms with Crippen LogP contribution in [-0.2, 0) is 4.74 Å². The highest BCUT2D eigenvalue weighted by atomic mass is 35.5. The van der Waals surface area contributed by atoms with Gasteiger partial charge in [0.1, 0.15) is 17.8 Å². The first-order chi connectivity index (χ1) is 13.0. The fraction of sp³-hybridized carbons (Fsp3) is 0.0526. The number of hydrogen-bond acceptors (Lipinski definition) is 6. The van der Waals surface area contributed by atoms with Crippen molar-refractivity contribution in [1.82, 2.24) is 9.97 Å². The molecule has 3 rings (SSSR count). The quantitative estimate of drug-likeness (QED) is 0.650. The van der Waals surface area contributed by atoms with Gasteiger partial charge in [-0.25, -0.2) is 14.8 Å². The lowest BCUT2D eigenvalue weighted by Gasteiger charge is -2.09. The molecule has 0 spiro atoms. The van der Waals surface area contributed by atoms with Crippen LogP contribution in [0.4, 0.5) is 17.2 Å². The van der Waals surface area contributed by atoms with Crippen LogP contribution >= 0.6 is 11.6 Å². The van der Waals surface area contributed by atoms with Crippen molar-refractivity contribution in [3.63, 3.8) is 0 Å². The van der Waals surface area contributed by atoms with Gasteiger partial charge in [-0.3, -0.25) is 4.79 Å². The number of rotatable bonds is 5. The molecule has 0 saturated heterocycles. The molecule has 136 valence electrons. The number of amides is 1. The molecular formula is C19H15ClN4O3. The monoisotopic (exact) mass is 382 g/mol. The van der Waals surface area contributed by atoms with E-state index in [4.69, 9.17) is 16.3 Å². The number of carbonyl (C=O) groups is 2. The van der Waals surface area contributed by atoms with Gasteiger partial charge in [0.25, 0.3) is 5.91 Å². The van der Waals surface area contributed by atoms with Crippen LogP contribution in [0.3, 0.4) is 0 Å². The van der Waals surface area contributed by atoms with Crippen LogP contribution in [0.25, 0.3) is 0 Å². The Kier molecular flexibility index (Phi) is 5.63. The predicted molar refractivity (Wildman–Crippen MR) is 103 cm³/mol. The van der Waals surface area contributed by atoms with Gasteiger partial charge in [-0.2, -0.15) is 0 Å². The Labute approximate surface area is 160 Å². The Hall–Kier alpha value is -3.45. The number of methoxy groups -OCH3 is 1. The zero-order chi connectivity index (χ0) is 19.2. The van der Waals surface area contributed by atoms with E-state index in [9.17, 15) is 9.59 Å². The summed E-state index contributed by atoms with van der Waals surface area (Å²) in [5.74, 6) is -0.433. The number of aromatic nitrogens is 2. The molecule has 0 fully saturated rings. The highest BCUT2D eigenvalue weighted by Gasteiger charge is 2.11. The van der Waals surface area contributed by atoms with Gasteiger partial charge in [-0.1, -0.05) is 23.7 Å². The van der Waals surface area contributed by atoms with E-state index in [0.717, 1.165) is 0 Å². The van der Waals surface area contributed by atoms with Crippen LogP contribution < -0.4 is 10.6 Å². The number of nitrogens with zero attached hydrogens (tertiary/aromatic N) is 2. The highest BCUT2D eigenvalue weighted by molar-refractivity contribution is 6.30. The Bertz CT molecular complexity index is 994. The Morgan fingerprint density at radius 3 is 2.56 bits per heavy atom. The van der Waals surface area contributed by atoms with Gasteiger partial charge in [0.05, 0.1) is 12.7 Å². The van der Waals surface area contributed by atoms with Crippen molar-refractivity contribution >= 4 is 40.7 Å². The molecule has 0 radical (unpaired) electrons. The largest absolute Gasteiger partial charge is 0.465 e. The first-order valence-corrected chi connectivity index (χ1v) is 8.27. The van der Waals surface area contributed by atoms with E-state index in [2.05, 4.69) is 20.6 Å². The summed E-state index contributed by atoms with van der Waals surface area (Å²) in [6, 6.07) is 15.1. The molecule has 0 aliphatic carbocycles. The van der Waals surface area contributed by atoms with Crippen molar-refractivity contribution in [2.24, 2.45) is 0 Å². The molecular weight excluding hydrogens is 368 g/mol. The van der Waals surface area contributed by atoms with Crippen LogP contribution in [0.1, 0.15) is 20.8 Å². The van der Waals surface area contributed by atoms with Gasteiger partial charge < -0.3 is 15.4 Å². The normalized spacial score (nSPS) is 10.1. The number of nitrogens with one attached hydrogen (secondary N) is 2. The lowest BCUT2D eigenvalue weighted by molar-refractivity contribution is 0.0600. The van der Waals surface area contributed by atoms with Gasteiger partial charge in [-0.05, 0) is 36.4 Å². The third kappa shape index (κ3) is 4.80. The molecule has 7 nitrogen and oxygen atoms in total. The van der Waals surface area contributed by atoms with Crippen molar-refractivity contribution in [2.75, 3.05) is 17.7 Å². The Balaban J connectivity index is 1.75. The Morgan fingerprint density at radius 2 is 1.78 bits per heavy atom. The van der Waals surface area contributed by atoms with E-state index >= 15 is 0 Å². The summed E-state index contributed by atoms with van der Waals surface area (Å²) in [6.45, 7) is 0. The molecule has 8 heteroatoms. The van der Waals surface area contributed by atoms with E-state index in [1.165, 1.54) is 19.5 Å². The molecule has 0 saturated carbocycles. The van der Waals surface area contributed by atoms with Crippen LogP contribution in [0.5, 0.6) is 0 Å². The fourth-order valence-corrected chi connectivity index (χ4v) is 2.49. The maximum atomic E-state index is 12.4. The molecule has 1 heterocycles. The van der Waals surface area contributed by atoms with Gasteiger partial charge in [0, 0.05) is 22.5 Å². The topological polar surface area (TPSA) is 93.2 Å². The summed E-state index contributed by atoms with van der Waals surface area (Å²) >= 11 is 5.92. The third-order valence-electron chi connectivity index (χ3n) is 3.54. The summed E-state index contributed by atoms with van der Waals surface area (Å²) in [4.78, 5) is 32.1. The van der Waals surface area contributed by atoms with Crippen LogP contribution in [0, 0.1) is 0 Å². The average molecular weight is 383 g/mol. The van der Waals surface area contributed by atoms with Gasteiger partial charge >= 0.3 is 5.97 Å². The summed E-state index contributed by atoms with van der Waals surface area (Å²) < 4.78 is 4.70. The molecule has 27 heavy (non-hydrogen) atoms.